The van der Waals surface area contributed by atoms with E-state index in [-0.39, 0.29) is 33.8 Å². The van der Waals surface area contributed by atoms with Crippen LogP contribution in [0.2, 0.25) is 0 Å². The maximum Gasteiger partial charge on any atom is 0.417 e. The zero-order valence-electron chi connectivity index (χ0n) is 20.4. The van der Waals surface area contributed by atoms with Crippen molar-refractivity contribution in [1.29, 1.82) is 0 Å². The molecule has 3 rings (SSSR count). The van der Waals surface area contributed by atoms with E-state index in [1.165, 1.54) is 26.0 Å². The van der Waals surface area contributed by atoms with Gasteiger partial charge in [0.05, 0.1) is 25.3 Å². The monoisotopic (exact) mass is 558 g/mol. The lowest BCUT2D eigenvalue weighted by Crippen LogP contribution is -2.22. The molecule has 5 nitrogen and oxygen atoms in total. The van der Waals surface area contributed by atoms with E-state index < -0.39 is 53.5 Å². The summed E-state index contributed by atoms with van der Waals surface area (Å²) in [5.41, 5.74) is -6.90. The maximum absolute atomic E-state index is 13.7. The maximum atomic E-state index is 13.7. The van der Waals surface area contributed by atoms with Gasteiger partial charge in [0.25, 0.3) is 0 Å². The first-order valence-corrected chi connectivity index (χ1v) is 12.3. The normalized spacial score (nSPS) is 12.7. The van der Waals surface area contributed by atoms with Crippen LogP contribution in [0.3, 0.4) is 0 Å². The van der Waals surface area contributed by atoms with Crippen LogP contribution in [0, 0.1) is 13.8 Å². The molecule has 0 heterocycles. The number of alkyl halides is 6. The van der Waals surface area contributed by atoms with Crippen LogP contribution in [-0.2, 0) is 16.9 Å². The molecule has 0 amide bonds. The standard InChI is InChI=1S/C26H21F6O5P/c1-13-18(20(33)15-9-6-5-7-10-15)14(2)22(37-4)23(21(13)36-3)38(35)24(34)19-16(25(27,28)29)11-8-12-17(19)26(30,31)32/h5-12,38H,1-4H3. The molecule has 12 heteroatoms. The molecule has 0 fully saturated rings. The highest BCUT2D eigenvalue weighted by Crippen LogP contribution is 2.46. The zero-order chi connectivity index (χ0) is 28.6. The van der Waals surface area contributed by atoms with Crippen LogP contribution >= 0.6 is 7.80 Å². The van der Waals surface area contributed by atoms with Crippen molar-refractivity contribution in [3.8, 4) is 11.5 Å². The highest BCUT2D eigenvalue weighted by molar-refractivity contribution is 7.72. The molecule has 0 aliphatic carbocycles. The fourth-order valence-corrected chi connectivity index (χ4v) is 5.99. The van der Waals surface area contributed by atoms with Crippen molar-refractivity contribution in [2.24, 2.45) is 0 Å². The van der Waals surface area contributed by atoms with Crippen molar-refractivity contribution in [2.45, 2.75) is 26.2 Å². The van der Waals surface area contributed by atoms with Crippen molar-refractivity contribution < 1.29 is 50.0 Å². The molecular formula is C26H21F6O5P. The van der Waals surface area contributed by atoms with E-state index in [4.69, 9.17) is 9.47 Å². The number of halogens is 6. The minimum atomic E-state index is -5.35. The summed E-state index contributed by atoms with van der Waals surface area (Å²) in [7, 11) is -1.95. The Hall–Kier alpha value is -3.59. The van der Waals surface area contributed by atoms with Gasteiger partial charge < -0.3 is 14.0 Å². The summed E-state index contributed by atoms with van der Waals surface area (Å²) in [6, 6.07) is 9.13. The number of ether oxygens (including phenoxy) is 2. The lowest BCUT2D eigenvalue weighted by atomic mass is 9.93. The van der Waals surface area contributed by atoms with E-state index in [1.54, 1.807) is 18.2 Å². The minimum absolute atomic E-state index is 0.0579. The van der Waals surface area contributed by atoms with Gasteiger partial charge in [-0.15, -0.1) is 0 Å². The molecule has 0 radical (unpaired) electrons. The number of hydrogen-bond acceptors (Lipinski definition) is 5. The average molecular weight is 558 g/mol. The second-order valence-electron chi connectivity index (χ2n) is 8.14. The summed E-state index contributed by atoms with van der Waals surface area (Å²) in [4.78, 5) is 26.5. The van der Waals surface area contributed by atoms with E-state index >= 15 is 0 Å². The van der Waals surface area contributed by atoms with Crippen LogP contribution in [-0.4, -0.2) is 25.5 Å². The SMILES string of the molecule is COc1c(C)c(C(=O)c2ccccc2)c(C)c(OC)c1[PH](=O)C(=O)c1c(C(F)(F)F)cccc1C(F)(F)F. The molecule has 3 aromatic rings. The molecule has 1 atom stereocenters. The summed E-state index contributed by atoms with van der Waals surface area (Å²) in [5, 5.41) is -0.519. The third-order valence-electron chi connectivity index (χ3n) is 5.89. The summed E-state index contributed by atoms with van der Waals surface area (Å²) in [6.45, 7) is 2.80. The molecule has 0 aliphatic rings. The molecule has 202 valence electrons. The van der Waals surface area contributed by atoms with Crippen LogP contribution in [0.4, 0.5) is 26.3 Å². The average Bonchev–Trinajstić information content (AvgIpc) is 2.86. The first kappa shape index (κ1) is 29.0. The highest BCUT2D eigenvalue weighted by atomic mass is 31.1. The molecule has 0 spiro atoms. The predicted octanol–water partition coefficient (Wildman–Crippen LogP) is 6.61. The fraction of sp³-hybridized carbons (Fsp3) is 0.231. The van der Waals surface area contributed by atoms with Crippen LogP contribution in [0.5, 0.6) is 11.5 Å². The molecule has 3 aromatic carbocycles. The first-order valence-electron chi connectivity index (χ1n) is 10.9. The molecule has 0 saturated heterocycles. The smallest absolute Gasteiger partial charge is 0.417 e. The number of ketones is 1. The lowest BCUT2D eigenvalue weighted by molar-refractivity contribution is -0.143. The van der Waals surface area contributed by atoms with Crippen molar-refractivity contribution in [1.82, 2.24) is 0 Å². The summed E-state index contributed by atoms with van der Waals surface area (Å²) in [6.07, 6.45) is -10.7. The van der Waals surface area contributed by atoms with Gasteiger partial charge in [-0.05, 0) is 26.0 Å². The summed E-state index contributed by atoms with van der Waals surface area (Å²) in [5.74, 6) is -1.12. The van der Waals surface area contributed by atoms with Crippen LogP contribution in [0.25, 0.3) is 0 Å². The van der Waals surface area contributed by atoms with Gasteiger partial charge in [0.2, 0.25) is 5.52 Å². The second-order valence-corrected chi connectivity index (χ2v) is 9.76. The van der Waals surface area contributed by atoms with Gasteiger partial charge in [0.1, 0.15) is 16.8 Å². The van der Waals surface area contributed by atoms with Gasteiger partial charge in [-0.3, -0.25) is 9.59 Å². The second kappa shape index (κ2) is 10.6. The number of carbonyl (C=O) groups is 2. The molecule has 0 bridgehead atoms. The molecule has 0 saturated carbocycles. The van der Waals surface area contributed by atoms with Crippen LogP contribution in [0.1, 0.15) is 48.5 Å². The molecule has 0 aromatic heterocycles. The number of rotatable bonds is 7. The Balaban J connectivity index is 2.32. The molecule has 0 N–H and O–H groups in total. The molecule has 1 unspecified atom stereocenters. The van der Waals surface area contributed by atoms with Crippen molar-refractivity contribution >= 4 is 24.4 Å². The zero-order valence-corrected chi connectivity index (χ0v) is 21.4. The van der Waals surface area contributed by atoms with Crippen molar-refractivity contribution in [3.63, 3.8) is 0 Å². The Kier molecular flexibility index (Phi) is 8.12. The van der Waals surface area contributed by atoms with Gasteiger partial charge >= 0.3 is 12.4 Å². The largest absolute Gasteiger partial charge is 0.496 e. The Bertz CT molecular complexity index is 1370. The number of benzene rings is 3. The number of carbonyl (C=O) groups excluding carboxylic acids is 2. The number of hydrogen-bond donors (Lipinski definition) is 0. The fourth-order valence-electron chi connectivity index (χ4n) is 4.27. The minimum Gasteiger partial charge on any atom is -0.496 e. The van der Waals surface area contributed by atoms with Crippen LogP contribution in [0.15, 0.2) is 48.5 Å². The number of methoxy groups -OCH3 is 2. The quantitative estimate of drug-likeness (QED) is 0.185. The topological polar surface area (TPSA) is 69.7 Å². The third kappa shape index (κ3) is 5.20. The van der Waals surface area contributed by atoms with Gasteiger partial charge in [-0.2, -0.15) is 26.3 Å². The van der Waals surface area contributed by atoms with E-state index in [0.29, 0.717) is 18.2 Å². The van der Waals surface area contributed by atoms with E-state index in [9.17, 15) is 40.5 Å². The van der Waals surface area contributed by atoms with E-state index in [0.717, 1.165) is 14.2 Å². The van der Waals surface area contributed by atoms with Crippen LogP contribution < -0.4 is 14.8 Å². The highest BCUT2D eigenvalue weighted by Gasteiger charge is 2.44. The van der Waals surface area contributed by atoms with Crippen molar-refractivity contribution in [2.75, 3.05) is 14.2 Å². The van der Waals surface area contributed by atoms with Gasteiger partial charge in [-0.1, -0.05) is 36.4 Å². The van der Waals surface area contributed by atoms with E-state index in [2.05, 4.69) is 0 Å². The van der Waals surface area contributed by atoms with Gasteiger partial charge in [0.15, 0.2) is 13.6 Å². The summed E-state index contributed by atoms with van der Waals surface area (Å²) >= 11 is 0. The third-order valence-corrected chi connectivity index (χ3v) is 7.46. The Morgan fingerprint density at radius 2 is 1.16 bits per heavy atom. The molecule has 38 heavy (non-hydrogen) atoms. The Morgan fingerprint density at radius 3 is 1.55 bits per heavy atom. The van der Waals surface area contributed by atoms with Crippen molar-refractivity contribution in [3.05, 3.63) is 87.5 Å². The Labute approximate surface area is 214 Å². The summed E-state index contributed by atoms with van der Waals surface area (Å²) < 4.78 is 106. The predicted molar refractivity (Wildman–Crippen MR) is 128 cm³/mol. The van der Waals surface area contributed by atoms with Gasteiger partial charge in [0, 0.05) is 27.8 Å². The lowest BCUT2D eigenvalue weighted by Gasteiger charge is -2.22. The molecule has 0 aliphatic heterocycles. The van der Waals surface area contributed by atoms with E-state index in [1.807, 2.05) is 0 Å². The first-order chi connectivity index (χ1) is 17.7. The Morgan fingerprint density at radius 1 is 0.711 bits per heavy atom. The van der Waals surface area contributed by atoms with Gasteiger partial charge in [-0.25, -0.2) is 0 Å². The molecular weight excluding hydrogens is 537 g/mol.